The number of carbonyl (C=O) groups is 2. The van der Waals surface area contributed by atoms with Gasteiger partial charge in [-0.15, -0.1) is 0 Å². The van der Waals surface area contributed by atoms with Crippen molar-refractivity contribution in [3.8, 4) is 0 Å². The van der Waals surface area contributed by atoms with Crippen LogP contribution in [0.3, 0.4) is 0 Å². The first-order valence-electron chi connectivity index (χ1n) is 11.0. The van der Waals surface area contributed by atoms with Gasteiger partial charge in [-0.05, 0) is 56.6 Å². The molecule has 0 bridgehead atoms. The molecule has 10 heteroatoms. The maximum Gasteiger partial charge on any atom is 0.414 e. The van der Waals surface area contributed by atoms with Gasteiger partial charge < -0.3 is 28.6 Å². The predicted octanol–water partition coefficient (Wildman–Crippen LogP) is 2.59. The Labute approximate surface area is 194 Å². The number of carboxylic acid groups (broad SMARTS) is 2. The van der Waals surface area contributed by atoms with Gasteiger partial charge in [-0.1, -0.05) is 17.3 Å². The molecule has 0 amide bonds. The summed E-state index contributed by atoms with van der Waals surface area (Å²) in [5.74, 6) is -3.20. The van der Waals surface area contributed by atoms with Crippen molar-refractivity contribution in [1.29, 1.82) is 0 Å². The fraction of sp³-hybridized carbons (Fsp3) is 0.333. The van der Waals surface area contributed by atoms with E-state index in [1.807, 2.05) is 58.7 Å². The molecule has 1 saturated heterocycles. The van der Waals surface area contributed by atoms with Crippen molar-refractivity contribution in [2.75, 3.05) is 19.6 Å². The first-order valence-corrected chi connectivity index (χ1v) is 11.0. The van der Waals surface area contributed by atoms with Crippen LogP contribution in [0.5, 0.6) is 0 Å². The molecule has 1 aliphatic rings. The molecule has 0 saturated carbocycles. The van der Waals surface area contributed by atoms with Crippen molar-refractivity contribution in [3.05, 3.63) is 70.5 Å². The minimum atomic E-state index is -1.82. The lowest BCUT2D eigenvalue weighted by Crippen LogP contribution is -2.36. The van der Waals surface area contributed by atoms with E-state index in [-0.39, 0.29) is 5.56 Å². The summed E-state index contributed by atoms with van der Waals surface area (Å²) in [4.78, 5) is 33.3. The van der Waals surface area contributed by atoms with Crippen LogP contribution in [0.1, 0.15) is 30.0 Å². The average Bonchev–Trinajstić information content (AvgIpc) is 3.43. The zero-order chi connectivity index (χ0) is 24.2. The summed E-state index contributed by atoms with van der Waals surface area (Å²) < 4.78 is 9.21. The third-order valence-corrected chi connectivity index (χ3v) is 6.09. The number of aryl methyl sites for hydroxylation is 1. The lowest BCUT2D eigenvalue weighted by atomic mass is 9.91. The first-order chi connectivity index (χ1) is 16.3. The molecule has 4 heterocycles. The Bertz CT molecular complexity index is 1370. The van der Waals surface area contributed by atoms with Crippen LogP contribution in [0.2, 0.25) is 0 Å². The Morgan fingerprint density at radius 1 is 1.09 bits per heavy atom. The van der Waals surface area contributed by atoms with Gasteiger partial charge in [0.05, 0.1) is 5.69 Å². The molecule has 3 aromatic heterocycles. The first kappa shape index (κ1) is 23.2. The molecule has 0 aliphatic carbocycles. The van der Waals surface area contributed by atoms with Gasteiger partial charge >= 0.3 is 11.9 Å². The lowest BCUT2D eigenvalue weighted by Gasteiger charge is -2.31. The van der Waals surface area contributed by atoms with Crippen molar-refractivity contribution < 1.29 is 24.3 Å². The molecular formula is C24H26N4O6. The van der Waals surface area contributed by atoms with E-state index >= 15 is 0 Å². The van der Waals surface area contributed by atoms with E-state index < -0.39 is 11.9 Å². The number of hydrogen-bond acceptors (Lipinski definition) is 6. The molecule has 0 unspecified atom stereocenters. The summed E-state index contributed by atoms with van der Waals surface area (Å²) in [6, 6.07) is 10.0. The van der Waals surface area contributed by atoms with Gasteiger partial charge in [-0.25, -0.2) is 9.59 Å². The summed E-state index contributed by atoms with van der Waals surface area (Å²) in [5.41, 5.74) is 3.91. The number of rotatable bonds is 4. The predicted molar refractivity (Wildman–Crippen MR) is 124 cm³/mol. The summed E-state index contributed by atoms with van der Waals surface area (Å²) in [7, 11) is 0. The van der Waals surface area contributed by atoms with Crippen LogP contribution in [0.25, 0.3) is 16.5 Å². The van der Waals surface area contributed by atoms with E-state index in [4.69, 9.17) is 24.3 Å². The van der Waals surface area contributed by atoms with Gasteiger partial charge in [0.15, 0.2) is 5.58 Å². The van der Waals surface area contributed by atoms with Gasteiger partial charge in [0.1, 0.15) is 5.52 Å². The molecule has 0 atom stereocenters. The normalized spacial score (nSPS) is 14.7. The van der Waals surface area contributed by atoms with Gasteiger partial charge in [0, 0.05) is 43.0 Å². The molecule has 1 aliphatic heterocycles. The number of para-hydroxylation sites is 1. The van der Waals surface area contributed by atoms with E-state index in [1.54, 1.807) is 0 Å². The fourth-order valence-electron chi connectivity index (χ4n) is 4.33. The molecule has 2 N–H and O–H groups in total. The molecule has 4 aromatic rings. The van der Waals surface area contributed by atoms with Crippen LogP contribution in [0, 0.1) is 6.92 Å². The molecule has 1 fully saturated rings. The van der Waals surface area contributed by atoms with Crippen molar-refractivity contribution in [3.63, 3.8) is 0 Å². The Kier molecular flexibility index (Phi) is 6.78. The van der Waals surface area contributed by atoms with E-state index in [2.05, 4.69) is 16.1 Å². The van der Waals surface area contributed by atoms with Gasteiger partial charge in [0.2, 0.25) is 0 Å². The van der Waals surface area contributed by atoms with Crippen LogP contribution < -0.4 is 5.56 Å². The van der Waals surface area contributed by atoms with Crippen molar-refractivity contribution >= 4 is 28.4 Å². The standard InChI is InChI=1S/C22H24N4O2.C2H2O4/c1-16-14-19-22(27)25(12-13-26(19)15-16)11-10-24-8-6-17(7-9-24)21-18-4-2-3-5-20(18)28-23-21;3-1(4)2(5)6/h2-5,12-15,17H,6-11H2,1H3;(H,3,4)(H,5,6). The van der Waals surface area contributed by atoms with Gasteiger partial charge in [0.25, 0.3) is 5.56 Å². The SMILES string of the molecule is Cc1cc2c(=O)n(CCN3CCC(c4noc5ccccc45)CC3)ccn2c1.O=C(O)C(=O)O. The summed E-state index contributed by atoms with van der Waals surface area (Å²) in [5, 5.41) is 20.3. The van der Waals surface area contributed by atoms with Gasteiger partial charge in [-0.3, -0.25) is 4.79 Å². The highest BCUT2D eigenvalue weighted by Gasteiger charge is 2.24. The van der Waals surface area contributed by atoms with E-state index in [9.17, 15) is 4.79 Å². The highest BCUT2D eigenvalue weighted by molar-refractivity contribution is 6.27. The smallest absolute Gasteiger partial charge is 0.414 e. The van der Waals surface area contributed by atoms with Crippen LogP contribution in [0.15, 0.2) is 58.2 Å². The van der Waals surface area contributed by atoms with Crippen molar-refractivity contribution in [2.24, 2.45) is 0 Å². The number of benzene rings is 1. The van der Waals surface area contributed by atoms with Gasteiger partial charge in [-0.2, -0.15) is 0 Å². The maximum absolute atomic E-state index is 12.7. The van der Waals surface area contributed by atoms with Crippen LogP contribution in [-0.4, -0.2) is 60.8 Å². The monoisotopic (exact) mass is 466 g/mol. The third kappa shape index (κ3) is 5.01. The molecule has 5 rings (SSSR count). The van der Waals surface area contributed by atoms with E-state index in [0.29, 0.717) is 5.92 Å². The number of piperidine rings is 1. The minimum Gasteiger partial charge on any atom is -0.473 e. The highest BCUT2D eigenvalue weighted by Crippen LogP contribution is 2.32. The van der Waals surface area contributed by atoms with E-state index in [0.717, 1.165) is 66.8 Å². The summed E-state index contributed by atoms with van der Waals surface area (Å²) in [6.07, 6.45) is 7.98. The summed E-state index contributed by atoms with van der Waals surface area (Å²) in [6.45, 7) is 5.67. The molecule has 10 nitrogen and oxygen atoms in total. The lowest BCUT2D eigenvalue weighted by molar-refractivity contribution is -0.159. The number of fused-ring (bicyclic) bond motifs is 2. The number of nitrogens with zero attached hydrogens (tertiary/aromatic N) is 4. The number of aliphatic carboxylic acids is 2. The van der Waals surface area contributed by atoms with Crippen molar-refractivity contribution in [1.82, 2.24) is 19.0 Å². The van der Waals surface area contributed by atoms with E-state index in [1.165, 1.54) is 0 Å². The topological polar surface area (TPSA) is 130 Å². The second-order valence-electron chi connectivity index (χ2n) is 8.40. The summed E-state index contributed by atoms with van der Waals surface area (Å²) >= 11 is 0. The van der Waals surface area contributed by atoms with Crippen LogP contribution in [-0.2, 0) is 16.1 Å². The zero-order valence-electron chi connectivity index (χ0n) is 18.8. The number of carboxylic acids is 2. The Morgan fingerprint density at radius 3 is 2.50 bits per heavy atom. The second-order valence-corrected chi connectivity index (χ2v) is 8.40. The Balaban J connectivity index is 0.000000408. The Hall–Kier alpha value is -3.92. The van der Waals surface area contributed by atoms with Crippen LogP contribution >= 0.6 is 0 Å². The number of aromatic nitrogens is 3. The fourth-order valence-corrected chi connectivity index (χ4v) is 4.33. The highest BCUT2D eigenvalue weighted by atomic mass is 16.5. The zero-order valence-corrected chi connectivity index (χ0v) is 18.8. The molecular weight excluding hydrogens is 440 g/mol. The largest absolute Gasteiger partial charge is 0.473 e. The molecule has 0 radical (unpaired) electrons. The number of hydrogen-bond donors (Lipinski definition) is 2. The van der Waals surface area contributed by atoms with Crippen LogP contribution in [0.4, 0.5) is 0 Å². The third-order valence-electron chi connectivity index (χ3n) is 6.09. The minimum absolute atomic E-state index is 0.0829. The Morgan fingerprint density at radius 2 is 1.79 bits per heavy atom. The quantitative estimate of drug-likeness (QED) is 0.439. The maximum atomic E-state index is 12.7. The average molecular weight is 466 g/mol. The van der Waals surface area contributed by atoms with Crippen molar-refractivity contribution in [2.45, 2.75) is 32.2 Å². The molecule has 0 spiro atoms. The molecule has 178 valence electrons. The second kappa shape index (κ2) is 9.92. The molecule has 34 heavy (non-hydrogen) atoms. The molecule has 1 aromatic carbocycles. The number of likely N-dealkylation sites (tertiary alicyclic amines) is 1.